The van der Waals surface area contributed by atoms with Crippen molar-refractivity contribution in [3.05, 3.63) is 76.4 Å². The first-order valence-corrected chi connectivity index (χ1v) is 11.8. The summed E-state index contributed by atoms with van der Waals surface area (Å²) >= 11 is 3.36. The van der Waals surface area contributed by atoms with Crippen LogP contribution in [-0.2, 0) is 0 Å². The zero-order valence-corrected chi connectivity index (χ0v) is 20.3. The maximum atomic E-state index is 12.6. The largest absolute Gasteiger partial charge is 0.368 e. The molecule has 0 bridgehead atoms. The number of piperidine rings is 1. The van der Waals surface area contributed by atoms with Gasteiger partial charge in [-0.2, -0.15) is 0 Å². The van der Waals surface area contributed by atoms with Crippen molar-refractivity contribution in [2.45, 2.75) is 32.2 Å². The van der Waals surface area contributed by atoms with E-state index in [-0.39, 0.29) is 17.6 Å². The van der Waals surface area contributed by atoms with Gasteiger partial charge in [-0.05, 0) is 56.7 Å². The molecule has 0 unspecified atom stereocenters. The number of allylic oxidation sites excluding steroid dienone is 1. The van der Waals surface area contributed by atoms with Crippen LogP contribution in [0.25, 0.3) is 11.3 Å². The van der Waals surface area contributed by atoms with Gasteiger partial charge in [-0.3, -0.25) is 9.59 Å². The SMILES string of the molecule is CC=CN1CCCC[C@H]1c1nc(-c2ccc(C(=O)Nc3cc(Br)ccn3)cc2)c(C(N)=O)n1N. The van der Waals surface area contributed by atoms with Crippen LogP contribution < -0.4 is 16.9 Å². The number of imidazole rings is 1. The maximum Gasteiger partial charge on any atom is 0.269 e. The second-order valence-electron chi connectivity index (χ2n) is 8.02. The number of nitrogens with zero attached hydrogens (tertiary/aromatic N) is 4. The Morgan fingerprint density at radius 2 is 1.97 bits per heavy atom. The van der Waals surface area contributed by atoms with Gasteiger partial charge in [0.2, 0.25) is 0 Å². The second kappa shape index (κ2) is 10.1. The molecule has 1 aromatic carbocycles. The molecular formula is C24H26BrN7O2. The highest BCUT2D eigenvalue weighted by Crippen LogP contribution is 2.33. The van der Waals surface area contributed by atoms with Crippen LogP contribution in [0.3, 0.4) is 0 Å². The molecule has 0 spiro atoms. The van der Waals surface area contributed by atoms with E-state index in [0.29, 0.717) is 28.5 Å². The average molecular weight is 524 g/mol. The first kappa shape index (κ1) is 23.5. The van der Waals surface area contributed by atoms with E-state index < -0.39 is 5.91 Å². The molecule has 3 heterocycles. The molecule has 5 N–H and O–H groups in total. The molecule has 2 aromatic heterocycles. The Hall–Kier alpha value is -3.66. The number of aromatic nitrogens is 3. The fourth-order valence-corrected chi connectivity index (χ4v) is 4.50. The van der Waals surface area contributed by atoms with Gasteiger partial charge in [-0.1, -0.05) is 34.1 Å². The van der Waals surface area contributed by atoms with Crippen LogP contribution in [0.2, 0.25) is 0 Å². The van der Waals surface area contributed by atoms with Crippen molar-refractivity contribution >= 4 is 33.6 Å². The highest BCUT2D eigenvalue weighted by molar-refractivity contribution is 9.10. The smallest absolute Gasteiger partial charge is 0.269 e. The van der Waals surface area contributed by atoms with E-state index in [9.17, 15) is 9.59 Å². The molecule has 4 rings (SSSR count). The third-order valence-corrected chi connectivity index (χ3v) is 6.23. The number of likely N-dealkylation sites (tertiary alicyclic amines) is 1. The molecule has 1 saturated heterocycles. The number of carbonyl (C=O) groups excluding carboxylic acids is 2. The van der Waals surface area contributed by atoms with E-state index in [1.54, 1.807) is 42.6 Å². The minimum atomic E-state index is -0.660. The molecule has 9 nitrogen and oxygen atoms in total. The van der Waals surface area contributed by atoms with Crippen molar-refractivity contribution < 1.29 is 9.59 Å². The molecule has 3 aromatic rings. The van der Waals surface area contributed by atoms with Crippen LogP contribution in [0.4, 0.5) is 5.82 Å². The van der Waals surface area contributed by atoms with Crippen molar-refractivity contribution in [1.82, 2.24) is 19.5 Å². The average Bonchev–Trinajstić information content (AvgIpc) is 3.17. The zero-order valence-electron chi connectivity index (χ0n) is 18.7. The normalized spacial score (nSPS) is 16.1. The molecule has 34 heavy (non-hydrogen) atoms. The minimum absolute atomic E-state index is 0.0513. The van der Waals surface area contributed by atoms with Gasteiger partial charge < -0.3 is 21.8 Å². The number of primary amides is 1. The lowest BCUT2D eigenvalue weighted by Crippen LogP contribution is -2.33. The van der Waals surface area contributed by atoms with E-state index in [1.807, 2.05) is 19.2 Å². The topological polar surface area (TPSA) is 132 Å². The fraction of sp³-hybridized carbons (Fsp3) is 0.250. The number of nitrogen functional groups attached to an aromatic ring is 1. The Morgan fingerprint density at radius 1 is 1.21 bits per heavy atom. The summed E-state index contributed by atoms with van der Waals surface area (Å²) in [5, 5.41) is 2.76. The van der Waals surface area contributed by atoms with Crippen molar-refractivity contribution in [3.63, 3.8) is 0 Å². The standard InChI is InChI=1S/C24H26BrN7O2/c1-2-12-31-13-4-3-5-18(31)23-30-20(21(22(26)33)32(23)27)15-6-8-16(9-7-15)24(34)29-19-14-17(25)10-11-28-19/h2,6-12,14,18H,3-5,13,27H2,1H3,(H2,26,33)(H,28,29,34)/t18-/m0/s1. The molecule has 1 aliphatic heterocycles. The molecular weight excluding hydrogens is 498 g/mol. The van der Waals surface area contributed by atoms with Gasteiger partial charge in [0.15, 0.2) is 11.5 Å². The number of hydrogen-bond donors (Lipinski definition) is 3. The third-order valence-electron chi connectivity index (χ3n) is 5.74. The van der Waals surface area contributed by atoms with E-state index in [2.05, 4.69) is 31.1 Å². The number of nitrogens with one attached hydrogen (secondary N) is 1. The third kappa shape index (κ3) is 4.81. The molecule has 0 saturated carbocycles. The van der Waals surface area contributed by atoms with Crippen LogP contribution in [-0.4, -0.2) is 37.9 Å². The molecule has 1 aliphatic rings. The predicted octanol–water partition coefficient (Wildman–Crippen LogP) is 3.83. The first-order chi connectivity index (χ1) is 16.4. The summed E-state index contributed by atoms with van der Waals surface area (Å²) in [7, 11) is 0. The second-order valence-corrected chi connectivity index (χ2v) is 8.94. The van der Waals surface area contributed by atoms with Crippen molar-refractivity contribution in [1.29, 1.82) is 0 Å². The Kier molecular flexibility index (Phi) is 6.97. The fourth-order valence-electron chi connectivity index (χ4n) is 4.16. The maximum absolute atomic E-state index is 12.6. The van der Waals surface area contributed by atoms with Crippen molar-refractivity contribution in [2.75, 3.05) is 17.7 Å². The lowest BCUT2D eigenvalue weighted by molar-refractivity contribution is 0.0990. The summed E-state index contributed by atoms with van der Waals surface area (Å²) in [5.41, 5.74) is 7.30. The number of carbonyl (C=O) groups is 2. The van der Waals surface area contributed by atoms with E-state index >= 15 is 0 Å². The van der Waals surface area contributed by atoms with Gasteiger partial charge in [-0.25, -0.2) is 14.6 Å². The molecule has 0 radical (unpaired) electrons. The number of amides is 2. The zero-order chi connectivity index (χ0) is 24.2. The van der Waals surface area contributed by atoms with Gasteiger partial charge in [-0.15, -0.1) is 0 Å². The quantitative estimate of drug-likeness (QED) is 0.420. The predicted molar refractivity (Wildman–Crippen MR) is 134 cm³/mol. The van der Waals surface area contributed by atoms with Crippen LogP contribution in [0.15, 0.2) is 59.3 Å². The number of nitrogens with two attached hydrogens (primary N) is 2. The Bertz CT molecular complexity index is 1240. The van der Waals surface area contributed by atoms with Crippen LogP contribution >= 0.6 is 15.9 Å². The van der Waals surface area contributed by atoms with E-state index in [4.69, 9.17) is 16.6 Å². The lowest BCUT2D eigenvalue weighted by Gasteiger charge is -2.34. The highest BCUT2D eigenvalue weighted by atomic mass is 79.9. The molecule has 1 atom stereocenters. The monoisotopic (exact) mass is 523 g/mol. The van der Waals surface area contributed by atoms with Crippen LogP contribution in [0.1, 0.15) is 58.9 Å². The number of hydrogen-bond acceptors (Lipinski definition) is 6. The number of rotatable bonds is 6. The van der Waals surface area contributed by atoms with E-state index in [1.165, 1.54) is 4.68 Å². The van der Waals surface area contributed by atoms with Gasteiger partial charge >= 0.3 is 0 Å². The molecule has 1 fully saturated rings. The summed E-state index contributed by atoms with van der Waals surface area (Å²) in [5.74, 6) is 6.39. The first-order valence-electron chi connectivity index (χ1n) is 11.0. The summed E-state index contributed by atoms with van der Waals surface area (Å²) in [6.07, 6.45) is 8.60. The lowest BCUT2D eigenvalue weighted by atomic mass is 10.0. The minimum Gasteiger partial charge on any atom is -0.368 e. The van der Waals surface area contributed by atoms with Crippen LogP contribution in [0, 0.1) is 0 Å². The number of halogens is 1. The summed E-state index contributed by atoms with van der Waals surface area (Å²) in [6.45, 7) is 2.85. The number of benzene rings is 1. The van der Waals surface area contributed by atoms with Gasteiger partial charge in [0.05, 0.1) is 6.04 Å². The molecule has 2 amide bonds. The number of anilines is 1. The molecule has 0 aliphatic carbocycles. The van der Waals surface area contributed by atoms with Crippen molar-refractivity contribution in [3.8, 4) is 11.3 Å². The van der Waals surface area contributed by atoms with Gasteiger partial charge in [0, 0.05) is 28.3 Å². The Labute approximate surface area is 206 Å². The molecule has 176 valence electrons. The highest BCUT2D eigenvalue weighted by Gasteiger charge is 2.30. The van der Waals surface area contributed by atoms with Gasteiger partial charge in [0.25, 0.3) is 11.8 Å². The Balaban J connectivity index is 1.64. The molecule has 10 heteroatoms. The van der Waals surface area contributed by atoms with Crippen LogP contribution in [0.5, 0.6) is 0 Å². The number of pyridine rings is 1. The van der Waals surface area contributed by atoms with Gasteiger partial charge in [0.1, 0.15) is 11.5 Å². The summed E-state index contributed by atoms with van der Waals surface area (Å²) < 4.78 is 2.12. The van der Waals surface area contributed by atoms with Crippen molar-refractivity contribution in [2.24, 2.45) is 5.73 Å². The Morgan fingerprint density at radius 3 is 2.65 bits per heavy atom. The van der Waals surface area contributed by atoms with E-state index in [0.717, 1.165) is 30.3 Å². The summed E-state index contributed by atoms with van der Waals surface area (Å²) in [4.78, 5) is 36.0. The summed E-state index contributed by atoms with van der Waals surface area (Å²) in [6, 6.07) is 10.2.